The summed E-state index contributed by atoms with van der Waals surface area (Å²) >= 11 is 8.89. The summed E-state index contributed by atoms with van der Waals surface area (Å²) in [6.07, 6.45) is 3.82. The Labute approximate surface area is 134 Å². The van der Waals surface area contributed by atoms with Crippen molar-refractivity contribution in [3.05, 3.63) is 42.9 Å². The molecular formula is C14H17Br2NOS. The molecule has 2 aromatic heterocycles. The molecule has 0 fully saturated rings. The number of hydrogen-bond acceptors (Lipinski definition) is 3. The lowest BCUT2D eigenvalue weighted by molar-refractivity contribution is 0.501. The van der Waals surface area contributed by atoms with Gasteiger partial charge in [0.2, 0.25) is 0 Å². The second-order valence-electron chi connectivity index (χ2n) is 4.31. The van der Waals surface area contributed by atoms with Gasteiger partial charge in [0.1, 0.15) is 5.76 Å². The summed E-state index contributed by atoms with van der Waals surface area (Å²) in [5.41, 5.74) is 1.25. The summed E-state index contributed by atoms with van der Waals surface area (Å²) in [4.78, 5) is 1.29. The highest BCUT2D eigenvalue weighted by Crippen LogP contribution is 2.38. The molecule has 1 N–H and O–H groups in total. The first kappa shape index (κ1) is 15.3. The number of hydrogen-bond donors (Lipinski definition) is 1. The van der Waals surface area contributed by atoms with Crippen molar-refractivity contribution in [2.24, 2.45) is 0 Å². The van der Waals surface area contributed by atoms with E-state index in [4.69, 9.17) is 4.42 Å². The van der Waals surface area contributed by atoms with E-state index in [1.54, 1.807) is 17.6 Å². The van der Waals surface area contributed by atoms with Crippen molar-refractivity contribution >= 4 is 43.2 Å². The molecule has 5 heteroatoms. The Morgan fingerprint density at radius 1 is 1.37 bits per heavy atom. The molecule has 2 rings (SSSR count). The van der Waals surface area contributed by atoms with Crippen molar-refractivity contribution in [2.45, 2.75) is 32.7 Å². The zero-order valence-electron chi connectivity index (χ0n) is 11.0. The minimum atomic E-state index is 0.209. The maximum atomic E-state index is 5.57. The first-order chi connectivity index (χ1) is 9.17. The highest BCUT2D eigenvalue weighted by atomic mass is 79.9. The molecule has 0 radical (unpaired) electrons. The molecule has 1 unspecified atom stereocenters. The van der Waals surface area contributed by atoms with Crippen LogP contribution in [0.4, 0.5) is 0 Å². The smallest absolute Gasteiger partial charge is 0.108 e. The zero-order chi connectivity index (χ0) is 13.8. The van der Waals surface area contributed by atoms with Gasteiger partial charge in [-0.2, -0.15) is 0 Å². The third-order valence-corrected chi connectivity index (χ3v) is 6.28. The Kier molecular flexibility index (Phi) is 5.69. The predicted octanol–water partition coefficient (Wildman–Crippen LogP) is 5.52. The fourth-order valence-corrected chi connectivity index (χ4v) is 4.24. The molecule has 2 nitrogen and oxygen atoms in total. The largest absolute Gasteiger partial charge is 0.469 e. The SMILES string of the molecule is CCCNC(c1cc(Br)c(Br)s1)c1ccoc1CC. The fraction of sp³-hybridized carbons (Fsp3) is 0.429. The lowest BCUT2D eigenvalue weighted by Crippen LogP contribution is -2.22. The van der Waals surface area contributed by atoms with Crippen molar-refractivity contribution in [3.63, 3.8) is 0 Å². The summed E-state index contributed by atoms with van der Waals surface area (Å²) in [5, 5.41) is 3.61. The average Bonchev–Trinajstić information content (AvgIpc) is 2.98. The summed E-state index contributed by atoms with van der Waals surface area (Å²) in [7, 11) is 0. The van der Waals surface area contributed by atoms with E-state index in [0.717, 1.165) is 33.4 Å². The van der Waals surface area contributed by atoms with Crippen LogP contribution in [0.2, 0.25) is 0 Å². The molecule has 1 atom stereocenters. The van der Waals surface area contributed by atoms with Crippen LogP contribution in [0.1, 0.15) is 42.5 Å². The molecule has 0 spiro atoms. The van der Waals surface area contributed by atoms with Gasteiger partial charge in [-0.3, -0.25) is 0 Å². The van der Waals surface area contributed by atoms with Gasteiger partial charge in [0.05, 0.1) is 16.1 Å². The van der Waals surface area contributed by atoms with Crippen molar-refractivity contribution in [1.29, 1.82) is 0 Å². The number of furan rings is 1. The molecule has 0 saturated heterocycles. The Bertz CT molecular complexity index is 516. The van der Waals surface area contributed by atoms with Gasteiger partial charge in [0.15, 0.2) is 0 Å². The number of nitrogens with one attached hydrogen (secondary N) is 1. The lowest BCUT2D eigenvalue weighted by atomic mass is 10.0. The quantitative estimate of drug-likeness (QED) is 0.683. The number of aryl methyl sites for hydroxylation is 1. The van der Waals surface area contributed by atoms with Gasteiger partial charge in [-0.1, -0.05) is 13.8 Å². The Morgan fingerprint density at radius 3 is 2.74 bits per heavy atom. The van der Waals surface area contributed by atoms with E-state index in [-0.39, 0.29) is 6.04 Å². The molecule has 19 heavy (non-hydrogen) atoms. The third-order valence-electron chi connectivity index (χ3n) is 2.96. The second kappa shape index (κ2) is 7.07. The normalized spacial score (nSPS) is 12.8. The van der Waals surface area contributed by atoms with Crippen LogP contribution in [0.5, 0.6) is 0 Å². The maximum Gasteiger partial charge on any atom is 0.108 e. The van der Waals surface area contributed by atoms with Crippen LogP contribution in [0, 0.1) is 0 Å². The van der Waals surface area contributed by atoms with Gasteiger partial charge in [0, 0.05) is 21.3 Å². The zero-order valence-corrected chi connectivity index (χ0v) is 15.0. The van der Waals surface area contributed by atoms with E-state index < -0.39 is 0 Å². The van der Waals surface area contributed by atoms with Crippen LogP contribution in [0.3, 0.4) is 0 Å². The number of thiophene rings is 1. The maximum absolute atomic E-state index is 5.57. The number of rotatable bonds is 6. The van der Waals surface area contributed by atoms with Crippen LogP contribution in [-0.2, 0) is 6.42 Å². The van der Waals surface area contributed by atoms with E-state index >= 15 is 0 Å². The molecule has 0 bridgehead atoms. The van der Waals surface area contributed by atoms with Crippen LogP contribution in [-0.4, -0.2) is 6.54 Å². The van der Waals surface area contributed by atoms with Crippen LogP contribution in [0.25, 0.3) is 0 Å². The molecule has 104 valence electrons. The van der Waals surface area contributed by atoms with Gasteiger partial charge >= 0.3 is 0 Å². The average molecular weight is 407 g/mol. The molecule has 0 aliphatic rings. The van der Waals surface area contributed by atoms with Crippen LogP contribution < -0.4 is 5.32 Å². The van der Waals surface area contributed by atoms with E-state index in [1.807, 2.05) is 0 Å². The number of halogens is 2. The third kappa shape index (κ3) is 3.51. The topological polar surface area (TPSA) is 25.2 Å². The van der Waals surface area contributed by atoms with Crippen molar-refractivity contribution in [1.82, 2.24) is 5.32 Å². The van der Waals surface area contributed by atoms with Gasteiger partial charge < -0.3 is 9.73 Å². The minimum Gasteiger partial charge on any atom is -0.469 e. The Balaban J connectivity index is 2.35. The summed E-state index contributed by atoms with van der Waals surface area (Å²) in [6, 6.07) is 4.46. The molecule has 2 aromatic rings. The molecule has 0 aliphatic heterocycles. The molecule has 0 saturated carbocycles. The Morgan fingerprint density at radius 2 is 2.16 bits per heavy atom. The molecule has 0 amide bonds. The standard InChI is InChI=1S/C14H17Br2NOS/c1-3-6-17-13(9-5-7-18-11(9)4-2)12-8-10(15)14(16)19-12/h5,7-8,13,17H,3-4,6H2,1-2H3. The highest BCUT2D eigenvalue weighted by Gasteiger charge is 2.21. The molecular weight excluding hydrogens is 390 g/mol. The van der Waals surface area contributed by atoms with E-state index in [9.17, 15) is 0 Å². The first-order valence-corrected chi connectivity index (χ1v) is 8.82. The lowest BCUT2D eigenvalue weighted by Gasteiger charge is -2.17. The molecule has 0 aromatic carbocycles. The van der Waals surface area contributed by atoms with Crippen LogP contribution >= 0.6 is 43.2 Å². The van der Waals surface area contributed by atoms with Crippen LogP contribution in [0.15, 0.2) is 31.1 Å². The molecule has 0 aliphatic carbocycles. The van der Waals surface area contributed by atoms with E-state index in [2.05, 4.69) is 63.2 Å². The monoisotopic (exact) mass is 405 g/mol. The van der Waals surface area contributed by atoms with E-state index in [1.165, 1.54) is 10.4 Å². The van der Waals surface area contributed by atoms with Crippen molar-refractivity contribution < 1.29 is 4.42 Å². The summed E-state index contributed by atoms with van der Waals surface area (Å²) in [6.45, 7) is 5.30. The van der Waals surface area contributed by atoms with Crippen molar-refractivity contribution in [3.8, 4) is 0 Å². The van der Waals surface area contributed by atoms with Gasteiger partial charge in [-0.25, -0.2) is 0 Å². The first-order valence-electron chi connectivity index (χ1n) is 6.41. The molecule has 2 heterocycles. The Hall–Kier alpha value is -0.100. The van der Waals surface area contributed by atoms with Crippen molar-refractivity contribution in [2.75, 3.05) is 6.54 Å². The minimum absolute atomic E-state index is 0.209. The summed E-state index contributed by atoms with van der Waals surface area (Å²) < 4.78 is 7.81. The van der Waals surface area contributed by atoms with Gasteiger partial charge in [-0.05, 0) is 57.0 Å². The van der Waals surface area contributed by atoms with Gasteiger partial charge in [0.25, 0.3) is 0 Å². The summed E-state index contributed by atoms with van der Waals surface area (Å²) in [5.74, 6) is 1.06. The van der Waals surface area contributed by atoms with E-state index in [0.29, 0.717) is 0 Å². The predicted molar refractivity (Wildman–Crippen MR) is 87.9 cm³/mol. The second-order valence-corrected chi connectivity index (χ2v) is 7.57. The van der Waals surface area contributed by atoms with Gasteiger partial charge in [-0.15, -0.1) is 11.3 Å². The fourth-order valence-electron chi connectivity index (χ4n) is 2.05. The highest BCUT2D eigenvalue weighted by molar-refractivity contribution is 9.13.